The van der Waals surface area contributed by atoms with Gasteiger partial charge in [-0.15, -0.1) is 35.3 Å². The normalized spacial score (nSPS) is 19.7. The minimum absolute atomic E-state index is 0. The lowest BCUT2D eigenvalue weighted by atomic mass is 10.2. The number of hydrogen-bond acceptors (Lipinski definition) is 4. The third-order valence-electron chi connectivity index (χ3n) is 4.88. The summed E-state index contributed by atoms with van der Waals surface area (Å²) in [6.45, 7) is 10.6. The number of nitrogens with zero attached hydrogens (tertiary/aromatic N) is 2. The fraction of sp³-hybridized carbons (Fsp3) is 0.737. The van der Waals surface area contributed by atoms with E-state index in [-0.39, 0.29) is 24.0 Å². The molecule has 0 aromatic carbocycles. The van der Waals surface area contributed by atoms with E-state index in [1.807, 2.05) is 11.3 Å². The van der Waals surface area contributed by atoms with Crippen LogP contribution in [0.5, 0.6) is 0 Å². The molecule has 1 saturated heterocycles. The van der Waals surface area contributed by atoms with Gasteiger partial charge in [-0.3, -0.25) is 9.89 Å². The molecule has 26 heavy (non-hydrogen) atoms. The molecule has 3 rings (SSSR count). The summed E-state index contributed by atoms with van der Waals surface area (Å²) in [6.07, 6.45) is 4.08. The van der Waals surface area contributed by atoms with Crippen LogP contribution in [0.25, 0.3) is 0 Å². The Hall–Kier alpha value is -0.380. The molecule has 1 aromatic rings. The molecule has 1 unspecified atom stereocenters. The van der Waals surface area contributed by atoms with Crippen LogP contribution in [0.1, 0.15) is 42.0 Å². The third kappa shape index (κ3) is 6.98. The van der Waals surface area contributed by atoms with Crippen molar-refractivity contribution in [3.05, 3.63) is 21.9 Å². The Morgan fingerprint density at radius 1 is 1.31 bits per heavy atom. The molecule has 5 nitrogen and oxygen atoms in total. The average molecular weight is 492 g/mol. The summed E-state index contributed by atoms with van der Waals surface area (Å²) in [7, 11) is 0. The number of aryl methyl sites for hydroxylation is 1. The highest BCUT2D eigenvalue weighted by molar-refractivity contribution is 14.0. The van der Waals surface area contributed by atoms with Crippen molar-refractivity contribution in [3.8, 4) is 0 Å². The lowest BCUT2D eigenvalue weighted by molar-refractivity contribution is 0.0186. The summed E-state index contributed by atoms with van der Waals surface area (Å²) < 4.78 is 5.54. The molecular formula is C19H33IN4OS. The maximum absolute atomic E-state index is 5.54. The molecular weight excluding hydrogens is 459 g/mol. The molecule has 2 N–H and O–H groups in total. The maximum atomic E-state index is 5.54. The quantitative estimate of drug-likeness (QED) is 0.332. The summed E-state index contributed by atoms with van der Waals surface area (Å²) in [5.41, 5.74) is 0. The minimum atomic E-state index is 0. The lowest BCUT2D eigenvalue weighted by Crippen LogP contribution is -2.41. The van der Waals surface area contributed by atoms with Crippen LogP contribution in [-0.4, -0.2) is 56.8 Å². The van der Waals surface area contributed by atoms with E-state index in [2.05, 4.69) is 41.5 Å². The summed E-state index contributed by atoms with van der Waals surface area (Å²) in [4.78, 5) is 10.2. The lowest BCUT2D eigenvalue weighted by Gasteiger charge is -2.33. The second-order valence-corrected chi connectivity index (χ2v) is 8.31. The molecule has 2 fully saturated rings. The molecule has 148 valence electrons. The second kappa shape index (κ2) is 11.5. The number of halogens is 1. The fourth-order valence-electron chi connectivity index (χ4n) is 3.23. The third-order valence-corrected chi connectivity index (χ3v) is 5.99. The molecule has 0 radical (unpaired) electrons. The van der Waals surface area contributed by atoms with Gasteiger partial charge in [-0.2, -0.15) is 0 Å². The number of ether oxygens (including phenoxy) is 1. The van der Waals surface area contributed by atoms with E-state index in [4.69, 9.17) is 9.73 Å². The minimum Gasteiger partial charge on any atom is -0.379 e. The summed E-state index contributed by atoms with van der Waals surface area (Å²) in [5.74, 6) is 1.90. The zero-order valence-corrected chi connectivity index (χ0v) is 19.1. The number of morpholine rings is 1. The summed E-state index contributed by atoms with van der Waals surface area (Å²) >= 11 is 1.89. The van der Waals surface area contributed by atoms with Crippen LogP contribution in [0, 0.1) is 12.8 Å². The van der Waals surface area contributed by atoms with Gasteiger partial charge in [0.2, 0.25) is 0 Å². The van der Waals surface area contributed by atoms with Gasteiger partial charge < -0.3 is 15.4 Å². The highest BCUT2D eigenvalue weighted by atomic mass is 127. The zero-order valence-electron chi connectivity index (χ0n) is 16.0. The molecule has 0 spiro atoms. The van der Waals surface area contributed by atoms with E-state index in [0.717, 1.165) is 57.8 Å². The van der Waals surface area contributed by atoms with E-state index in [1.54, 1.807) is 0 Å². The largest absolute Gasteiger partial charge is 0.379 e. The van der Waals surface area contributed by atoms with Crippen molar-refractivity contribution in [3.63, 3.8) is 0 Å². The number of thiophene rings is 1. The van der Waals surface area contributed by atoms with Gasteiger partial charge in [0.1, 0.15) is 0 Å². The van der Waals surface area contributed by atoms with Gasteiger partial charge in [0.05, 0.1) is 25.8 Å². The predicted octanol–water partition coefficient (Wildman–Crippen LogP) is 3.40. The first-order chi connectivity index (χ1) is 12.3. The zero-order chi connectivity index (χ0) is 17.5. The number of hydrogen-bond donors (Lipinski definition) is 2. The molecule has 2 heterocycles. The molecule has 1 aliphatic carbocycles. The summed E-state index contributed by atoms with van der Waals surface area (Å²) in [6, 6.07) is 4.83. The molecule has 1 aliphatic heterocycles. The van der Waals surface area contributed by atoms with Crippen LogP contribution in [0.4, 0.5) is 0 Å². The second-order valence-electron chi connectivity index (χ2n) is 6.99. The Balaban J connectivity index is 0.00000243. The highest BCUT2D eigenvalue weighted by Gasteiger charge is 2.24. The van der Waals surface area contributed by atoms with Crippen LogP contribution < -0.4 is 10.6 Å². The van der Waals surface area contributed by atoms with E-state index >= 15 is 0 Å². The van der Waals surface area contributed by atoms with Crippen molar-refractivity contribution in [2.75, 3.05) is 45.9 Å². The monoisotopic (exact) mass is 492 g/mol. The van der Waals surface area contributed by atoms with Crippen LogP contribution in [-0.2, 0) is 4.74 Å². The maximum Gasteiger partial charge on any atom is 0.191 e. The molecule has 1 saturated carbocycles. The summed E-state index contributed by atoms with van der Waals surface area (Å²) in [5, 5.41) is 6.90. The van der Waals surface area contributed by atoms with Crippen molar-refractivity contribution < 1.29 is 4.74 Å². The first kappa shape index (κ1) is 21.9. The van der Waals surface area contributed by atoms with E-state index in [1.165, 1.54) is 29.0 Å². The smallest absolute Gasteiger partial charge is 0.191 e. The van der Waals surface area contributed by atoms with Crippen molar-refractivity contribution in [2.24, 2.45) is 10.9 Å². The van der Waals surface area contributed by atoms with Crippen LogP contribution in [0.2, 0.25) is 0 Å². The van der Waals surface area contributed by atoms with E-state index < -0.39 is 0 Å². The van der Waals surface area contributed by atoms with E-state index in [9.17, 15) is 0 Å². The molecule has 0 amide bonds. The van der Waals surface area contributed by atoms with Gasteiger partial charge in [-0.05, 0) is 38.3 Å². The Morgan fingerprint density at radius 3 is 2.69 bits per heavy atom. The molecule has 1 atom stereocenters. The predicted molar refractivity (Wildman–Crippen MR) is 121 cm³/mol. The standard InChI is InChI=1S/C19H32N4OS.HI/c1-3-20-19(21-9-8-16-5-6-16)22-14-17(18-7-4-15(2)25-18)23-10-12-24-13-11-23;/h4,7,16-17H,3,5-6,8-14H2,1-2H3,(H2,20,21,22);1H. The SMILES string of the molecule is CCNC(=NCC(c1ccc(C)s1)N1CCOCC1)NCCC1CC1.I. The van der Waals surface area contributed by atoms with Crippen LogP contribution in [0.3, 0.4) is 0 Å². The molecule has 2 aliphatic rings. The topological polar surface area (TPSA) is 48.9 Å². The van der Waals surface area contributed by atoms with Gasteiger partial charge in [-0.25, -0.2) is 0 Å². The molecule has 1 aromatic heterocycles. The van der Waals surface area contributed by atoms with Crippen LogP contribution in [0.15, 0.2) is 17.1 Å². The van der Waals surface area contributed by atoms with Crippen molar-refractivity contribution >= 4 is 41.3 Å². The Morgan fingerprint density at radius 2 is 2.08 bits per heavy atom. The van der Waals surface area contributed by atoms with Gasteiger partial charge in [0.25, 0.3) is 0 Å². The number of rotatable bonds is 8. The Labute approximate surface area is 179 Å². The first-order valence-electron chi connectivity index (χ1n) is 9.66. The molecule has 0 bridgehead atoms. The van der Waals surface area contributed by atoms with Crippen molar-refractivity contribution in [1.82, 2.24) is 15.5 Å². The number of nitrogens with one attached hydrogen (secondary N) is 2. The van der Waals surface area contributed by atoms with Crippen molar-refractivity contribution in [1.29, 1.82) is 0 Å². The Kier molecular flexibility index (Phi) is 9.66. The van der Waals surface area contributed by atoms with Gasteiger partial charge in [0, 0.05) is 35.9 Å². The number of guanidine groups is 1. The number of aliphatic imine (C=N–C) groups is 1. The first-order valence-corrected chi connectivity index (χ1v) is 10.5. The van der Waals surface area contributed by atoms with Crippen LogP contribution >= 0.6 is 35.3 Å². The molecule has 7 heteroatoms. The van der Waals surface area contributed by atoms with E-state index in [0.29, 0.717) is 6.04 Å². The highest BCUT2D eigenvalue weighted by Crippen LogP contribution is 2.31. The van der Waals surface area contributed by atoms with Gasteiger partial charge in [0.15, 0.2) is 5.96 Å². The Bertz CT molecular complexity index is 555. The fourth-order valence-corrected chi connectivity index (χ4v) is 4.23. The van der Waals surface area contributed by atoms with Gasteiger partial charge >= 0.3 is 0 Å². The average Bonchev–Trinajstić information content (AvgIpc) is 3.35. The van der Waals surface area contributed by atoms with Gasteiger partial charge in [-0.1, -0.05) is 12.8 Å². The van der Waals surface area contributed by atoms with Crippen molar-refractivity contribution in [2.45, 2.75) is 39.2 Å².